The molecule has 3 heterocycles. The summed E-state index contributed by atoms with van der Waals surface area (Å²) < 4.78 is 13.1. The number of aromatic nitrogens is 3. The number of benzene rings is 2. The monoisotopic (exact) mass is 450 g/mol. The van der Waals surface area contributed by atoms with Crippen LogP contribution in [0.4, 0.5) is 0 Å². The topological polar surface area (TPSA) is 64.1 Å². The fraction of sp³-hybridized carbons (Fsp3) is 0.320. The van der Waals surface area contributed by atoms with E-state index in [-0.39, 0.29) is 6.04 Å². The van der Waals surface area contributed by atoms with Gasteiger partial charge in [0.15, 0.2) is 0 Å². The third-order valence-corrected chi connectivity index (χ3v) is 6.96. The van der Waals surface area contributed by atoms with Gasteiger partial charge in [-0.1, -0.05) is 17.7 Å². The maximum atomic E-state index is 6.37. The SMILES string of the molecule is COc1ccc2[nH]c3c(c2c1)CCN[C@@H]3c1ccc(OC)c(Cn2nc(C)c(Cl)c2C)c1. The molecule has 7 heteroatoms. The molecule has 0 radical (unpaired) electrons. The highest BCUT2D eigenvalue weighted by Crippen LogP contribution is 2.36. The minimum atomic E-state index is 0.0749. The van der Waals surface area contributed by atoms with Crippen LogP contribution in [0, 0.1) is 13.8 Å². The van der Waals surface area contributed by atoms with Gasteiger partial charge in [0.1, 0.15) is 11.5 Å². The molecule has 0 aliphatic carbocycles. The maximum Gasteiger partial charge on any atom is 0.123 e. The first kappa shape index (κ1) is 20.9. The summed E-state index contributed by atoms with van der Waals surface area (Å²) in [5.74, 6) is 1.72. The Morgan fingerprint density at radius 1 is 1.12 bits per heavy atom. The highest BCUT2D eigenvalue weighted by molar-refractivity contribution is 6.31. The van der Waals surface area contributed by atoms with E-state index in [1.807, 2.05) is 30.7 Å². The standard InChI is InChI=1S/C25H27ClN4O2/c1-14-23(26)15(2)30(29-14)13-17-11-16(5-8-22(17)32-4)24-25-19(9-10-27-24)20-12-18(31-3)6-7-21(20)28-25/h5-8,11-12,24,27-28H,9-10,13H2,1-4H3/t24-/m1/s1. The molecule has 1 atom stereocenters. The van der Waals surface area contributed by atoms with Gasteiger partial charge in [0, 0.05) is 28.7 Å². The molecule has 1 aliphatic rings. The summed E-state index contributed by atoms with van der Waals surface area (Å²) in [6.07, 6.45) is 0.978. The number of methoxy groups -OCH3 is 2. The molecule has 166 valence electrons. The fourth-order valence-corrected chi connectivity index (χ4v) is 4.85. The van der Waals surface area contributed by atoms with Crippen molar-refractivity contribution in [3.05, 3.63) is 75.2 Å². The van der Waals surface area contributed by atoms with Crippen LogP contribution in [0.15, 0.2) is 36.4 Å². The Labute approximate surface area is 192 Å². The van der Waals surface area contributed by atoms with E-state index in [2.05, 4.69) is 39.7 Å². The number of hydrogen-bond acceptors (Lipinski definition) is 4. The average molecular weight is 451 g/mol. The lowest BCUT2D eigenvalue weighted by molar-refractivity contribution is 0.406. The summed E-state index contributed by atoms with van der Waals surface area (Å²) in [6, 6.07) is 12.7. The van der Waals surface area contributed by atoms with E-state index >= 15 is 0 Å². The quantitative estimate of drug-likeness (QED) is 0.452. The smallest absolute Gasteiger partial charge is 0.123 e. The number of halogens is 1. The van der Waals surface area contributed by atoms with Gasteiger partial charge >= 0.3 is 0 Å². The van der Waals surface area contributed by atoms with Gasteiger partial charge in [-0.15, -0.1) is 0 Å². The van der Waals surface area contributed by atoms with Crippen molar-refractivity contribution in [2.75, 3.05) is 20.8 Å². The predicted molar refractivity (Wildman–Crippen MR) is 127 cm³/mol. The Kier molecular flexibility index (Phi) is 5.35. The number of aromatic amines is 1. The molecule has 32 heavy (non-hydrogen) atoms. The number of nitrogens with one attached hydrogen (secondary N) is 2. The van der Waals surface area contributed by atoms with Crippen molar-refractivity contribution in [3.8, 4) is 11.5 Å². The van der Waals surface area contributed by atoms with Crippen LogP contribution in [0.1, 0.15) is 39.8 Å². The average Bonchev–Trinajstić information content (AvgIpc) is 3.30. The van der Waals surface area contributed by atoms with Crippen molar-refractivity contribution in [1.82, 2.24) is 20.1 Å². The lowest BCUT2D eigenvalue weighted by Crippen LogP contribution is -2.30. The number of aryl methyl sites for hydroxylation is 1. The van der Waals surface area contributed by atoms with Crippen molar-refractivity contribution in [2.45, 2.75) is 32.9 Å². The van der Waals surface area contributed by atoms with Gasteiger partial charge in [0.05, 0.1) is 43.2 Å². The molecular formula is C25H27ClN4O2. The van der Waals surface area contributed by atoms with E-state index in [9.17, 15) is 0 Å². The first-order valence-electron chi connectivity index (χ1n) is 10.8. The van der Waals surface area contributed by atoms with Gasteiger partial charge < -0.3 is 19.8 Å². The zero-order chi connectivity index (χ0) is 22.4. The summed E-state index contributed by atoms with van der Waals surface area (Å²) in [6.45, 7) is 5.43. The van der Waals surface area contributed by atoms with Crippen molar-refractivity contribution in [3.63, 3.8) is 0 Å². The van der Waals surface area contributed by atoms with Gasteiger partial charge in [-0.3, -0.25) is 4.68 Å². The lowest BCUT2D eigenvalue weighted by Gasteiger charge is -2.25. The second-order valence-electron chi connectivity index (χ2n) is 8.28. The van der Waals surface area contributed by atoms with Gasteiger partial charge in [-0.25, -0.2) is 0 Å². The number of ether oxygens (including phenoxy) is 2. The summed E-state index contributed by atoms with van der Waals surface area (Å²) in [4.78, 5) is 3.65. The molecule has 2 N–H and O–H groups in total. The molecule has 0 saturated heterocycles. The zero-order valence-corrected chi connectivity index (χ0v) is 19.5. The zero-order valence-electron chi connectivity index (χ0n) is 18.8. The van der Waals surface area contributed by atoms with E-state index in [1.54, 1.807) is 14.2 Å². The third kappa shape index (κ3) is 3.44. The molecule has 0 bridgehead atoms. The molecule has 0 unspecified atom stereocenters. The Morgan fingerprint density at radius 3 is 2.69 bits per heavy atom. The highest BCUT2D eigenvalue weighted by Gasteiger charge is 2.26. The summed E-state index contributed by atoms with van der Waals surface area (Å²) >= 11 is 6.37. The van der Waals surface area contributed by atoms with Crippen LogP contribution in [0.2, 0.25) is 5.02 Å². The van der Waals surface area contributed by atoms with Gasteiger partial charge in [0.25, 0.3) is 0 Å². The second-order valence-corrected chi connectivity index (χ2v) is 8.66. The van der Waals surface area contributed by atoms with Crippen molar-refractivity contribution in [2.24, 2.45) is 0 Å². The summed E-state index contributed by atoms with van der Waals surface area (Å²) in [5, 5.41) is 10.2. The van der Waals surface area contributed by atoms with Crippen molar-refractivity contribution >= 4 is 22.5 Å². The normalized spacial score (nSPS) is 15.7. The molecule has 1 aliphatic heterocycles. The second kappa shape index (κ2) is 8.19. The van der Waals surface area contributed by atoms with Crippen LogP contribution in [0.5, 0.6) is 11.5 Å². The third-order valence-electron chi connectivity index (χ3n) is 6.41. The van der Waals surface area contributed by atoms with Crippen LogP contribution in [-0.4, -0.2) is 35.5 Å². The molecule has 4 aromatic rings. The first-order valence-corrected chi connectivity index (χ1v) is 11.2. The Morgan fingerprint density at radius 2 is 1.97 bits per heavy atom. The molecule has 2 aromatic carbocycles. The predicted octanol–water partition coefficient (Wildman–Crippen LogP) is 4.94. The Bertz CT molecular complexity index is 1310. The van der Waals surface area contributed by atoms with Crippen LogP contribution < -0.4 is 14.8 Å². The molecular weight excluding hydrogens is 424 g/mol. The molecule has 0 saturated carbocycles. The maximum absolute atomic E-state index is 6.37. The first-order chi connectivity index (χ1) is 15.5. The molecule has 0 fully saturated rings. The number of nitrogens with zero attached hydrogens (tertiary/aromatic N) is 2. The molecule has 6 nitrogen and oxygen atoms in total. The van der Waals surface area contributed by atoms with Gasteiger partial charge in [-0.2, -0.15) is 5.10 Å². The number of H-pyrrole nitrogens is 1. The van der Waals surface area contributed by atoms with Gasteiger partial charge in [-0.05, 0) is 61.7 Å². The Hall–Kier alpha value is -2.96. The lowest BCUT2D eigenvalue weighted by atomic mass is 9.93. The molecule has 5 rings (SSSR count). The van der Waals surface area contributed by atoms with E-state index in [0.29, 0.717) is 11.6 Å². The molecule has 0 spiro atoms. The minimum Gasteiger partial charge on any atom is -0.497 e. The molecule has 0 amide bonds. The number of rotatable bonds is 5. The largest absolute Gasteiger partial charge is 0.497 e. The van der Waals surface area contributed by atoms with Crippen molar-refractivity contribution in [1.29, 1.82) is 0 Å². The van der Waals surface area contributed by atoms with Gasteiger partial charge in [0.2, 0.25) is 0 Å². The highest BCUT2D eigenvalue weighted by atomic mass is 35.5. The van der Waals surface area contributed by atoms with Crippen LogP contribution in [-0.2, 0) is 13.0 Å². The summed E-state index contributed by atoms with van der Waals surface area (Å²) in [7, 11) is 3.41. The Balaban J connectivity index is 1.56. The van der Waals surface area contributed by atoms with Crippen LogP contribution in [0.25, 0.3) is 10.9 Å². The van der Waals surface area contributed by atoms with E-state index in [0.717, 1.165) is 46.9 Å². The molecule has 2 aromatic heterocycles. The summed E-state index contributed by atoms with van der Waals surface area (Å²) in [5.41, 5.74) is 7.75. The number of fused-ring (bicyclic) bond motifs is 3. The van der Waals surface area contributed by atoms with Crippen molar-refractivity contribution < 1.29 is 9.47 Å². The van der Waals surface area contributed by atoms with E-state index in [4.69, 9.17) is 21.1 Å². The fourth-order valence-electron chi connectivity index (χ4n) is 4.71. The van der Waals surface area contributed by atoms with Crippen LogP contribution >= 0.6 is 11.6 Å². The van der Waals surface area contributed by atoms with E-state index in [1.165, 1.54) is 22.2 Å². The minimum absolute atomic E-state index is 0.0749. The number of hydrogen-bond donors (Lipinski definition) is 2. The van der Waals surface area contributed by atoms with E-state index < -0.39 is 0 Å². The van der Waals surface area contributed by atoms with Crippen LogP contribution in [0.3, 0.4) is 0 Å².